The summed E-state index contributed by atoms with van der Waals surface area (Å²) in [5, 5.41) is 4.58. The summed E-state index contributed by atoms with van der Waals surface area (Å²) < 4.78 is 5.17. The lowest BCUT2D eigenvalue weighted by Gasteiger charge is -2.04. The Kier molecular flexibility index (Phi) is 3.96. The second-order valence-electron chi connectivity index (χ2n) is 4.75. The minimum absolute atomic E-state index is 0.270. The molecule has 6 heteroatoms. The zero-order valence-corrected chi connectivity index (χ0v) is 13.1. The van der Waals surface area contributed by atoms with Crippen LogP contribution in [0.2, 0.25) is 10.0 Å². The van der Waals surface area contributed by atoms with Crippen LogP contribution >= 0.6 is 23.2 Å². The summed E-state index contributed by atoms with van der Waals surface area (Å²) in [6.07, 6.45) is 0. The van der Waals surface area contributed by atoms with E-state index < -0.39 is 0 Å². The monoisotopic (exact) mass is 334 g/mol. The molecule has 0 radical (unpaired) electrons. The van der Waals surface area contributed by atoms with Crippen molar-refractivity contribution in [2.45, 2.75) is 0 Å². The average Bonchev–Trinajstić information content (AvgIpc) is 2.89. The molecule has 22 heavy (non-hydrogen) atoms. The van der Waals surface area contributed by atoms with Crippen molar-refractivity contribution >= 4 is 45.7 Å². The highest BCUT2D eigenvalue weighted by molar-refractivity contribution is 6.35. The number of ether oxygens (including phenoxy) is 1. The van der Waals surface area contributed by atoms with Crippen LogP contribution in [0.1, 0.15) is 10.5 Å². The summed E-state index contributed by atoms with van der Waals surface area (Å²) in [5.74, 6) is 0.466. The van der Waals surface area contributed by atoms with Crippen LogP contribution in [0.25, 0.3) is 10.9 Å². The molecule has 0 unspecified atom stereocenters. The summed E-state index contributed by atoms with van der Waals surface area (Å²) in [7, 11) is 1.60. The van der Waals surface area contributed by atoms with E-state index in [1.807, 2.05) is 18.2 Å². The molecule has 1 amide bonds. The Morgan fingerprint density at radius 3 is 2.50 bits per heavy atom. The molecule has 0 saturated heterocycles. The van der Waals surface area contributed by atoms with Crippen molar-refractivity contribution in [1.82, 2.24) is 4.98 Å². The number of fused-ring (bicyclic) bond motifs is 1. The Bertz CT molecular complexity index is 838. The summed E-state index contributed by atoms with van der Waals surface area (Å²) in [5.41, 5.74) is 1.84. The van der Waals surface area contributed by atoms with Gasteiger partial charge in [0, 0.05) is 26.6 Å². The number of carbonyl (C=O) groups excluding carboxylic acids is 1. The van der Waals surface area contributed by atoms with E-state index in [0.29, 0.717) is 21.4 Å². The zero-order valence-electron chi connectivity index (χ0n) is 11.6. The molecule has 3 aromatic rings. The maximum atomic E-state index is 12.3. The number of methoxy groups -OCH3 is 1. The van der Waals surface area contributed by atoms with Crippen molar-refractivity contribution < 1.29 is 9.53 Å². The third-order valence-electron chi connectivity index (χ3n) is 3.19. The summed E-state index contributed by atoms with van der Waals surface area (Å²) in [4.78, 5) is 15.4. The van der Waals surface area contributed by atoms with Crippen molar-refractivity contribution in [2.75, 3.05) is 12.4 Å². The zero-order chi connectivity index (χ0) is 15.7. The predicted molar refractivity (Wildman–Crippen MR) is 89.3 cm³/mol. The summed E-state index contributed by atoms with van der Waals surface area (Å²) in [6.45, 7) is 0. The minimum Gasteiger partial charge on any atom is -0.497 e. The van der Waals surface area contributed by atoms with Crippen molar-refractivity contribution in [1.29, 1.82) is 0 Å². The van der Waals surface area contributed by atoms with E-state index in [2.05, 4.69) is 10.3 Å². The lowest BCUT2D eigenvalue weighted by Crippen LogP contribution is -2.12. The van der Waals surface area contributed by atoms with Crippen LogP contribution < -0.4 is 10.1 Å². The van der Waals surface area contributed by atoms with E-state index in [0.717, 1.165) is 16.7 Å². The van der Waals surface area contributed by atoms with Gasteiger partial charge in [0.15, 0.2) is 0 Å². The minimum atomic E-state index is -0.270. The van der Waals surface area contributed by atoms with Gasteiger partial charge in [-0.05, 0) is 42.5 Å². The lowest BCUT2D eigenvalue weighted by atomic mass is 10.2. The third-order valence-corrected chi connectivity index (χ3v) is 3.63. The van der Waals surface area contributed by atoms with Crippen LogP contribution in [0.3, 0.4) is 0 Å². The number of carbonyl (C=O) groups is 1. The molecule has 2 N–H and O–H groups in total. The number of hydrogen-bond donors (Lipinski definition) is 2. The first-order valence-electron chi connectivity index (χ1n) is 6.49. The molecule has 0 fully saturated rings. The number of rotatable bonds is 3. The third kappa shape index (κ3) is 3.03. The van der Waals surface area contributed by atoms with Gasteiger partial charge in [-0.15, -0.1) is 0 Å². The fourth-order valence-electron chi connectivity index (χ4n) is 2.18. The topological polar surface area (TPSA) is 54.1 Å². The highest BCUT2D eigenvalue weighted by atomic mass is 35.5. The number of amides is 1. The van der Waals surface area contributed by atoms with Gasteiger partial charge in [0.25, 0.3) is 5.91 Å². The Labute approximate surface area is 137 Å². The predicted octanol–water partition coefficient (Wildman–Crippen LogP) is 4.74. The first kappa shape index (κ1) is 14.8. The molecule has 0 saturated carbocycles. The van der Waals surface area contributed by atoms with Gasteiger partial charge >= 0.3 is 0 Å². The van der Waals surface area contributed by atoms with Crippen molar-refractivity contribution in [3.8, 4) is 5.75 Å². The molecule has 1 heterocycles. The standard InChI is InChI=1S/C16H12Cl2N2O2/c1-22-13-2-3-14-9(4-13)5-15(20-14)16(21)19-12-7-10(17)6-11(18)8-12/h2-8,20H,1H3,(H,19,21). The van der Waals surface area contributed by atoms with Crippen LogP contribution in [0.5, 0.6) is 5.75 Å². The van der Waals surface area contributed by atoms with Gasteiger partial charge in [0.1, 0.15) is 11.4 Å². The van der Waals surface area contributed by atoms with Gasteiger partial charge in [-0.1, -0.05) is 23.2 Å². The first-order chi connectivity index (χ1) is 10.5. The van der Waals surface area contributed by atoms with Crippen LogP contribution in [0.4, 0.5) is 5.69 Å². The molecule has 0 bridgehead atoms. The van der Waals surface area contributed by atoms with Gasteiger partial charge in [0.05, 0.1) is 7.11 Å². The van der Waals surface area contributed by atoms with Gasteiger partial charge in [-0.25, -0.2) is 0 Å². The molecule has 112 valence electrons. The quantitative estimate of drug-likeness (QED) is 0.727. The highest BCUT2D eigenvalue weighted by Crippen LogP contribution is 2.24. The van der Waals surface area contributed by atoms with Crippen LogP contribution in [-0.4, -0.2) is 18.0 Å². The highest BCUT2D eigenvalue weighted by Gasteiger charge is 2.11. The Balaban J connectivity index is 1.88. The normalized spacial score (nSPS) is 10.7. The number of halogens is 2. The molecule has 0 atom stereocenters. The molecule has 0 aliphatic heterocycles. The molecule has 0 spiro atoms. The Hall–Kier alpha value is -2.17. The fourth-order valence-corrected chi connectivity index (χ4v) is 2.71. The lowest BCUT2D eigenvalue weighted by molar-refractivity contribution is 0.102. The van der Waals surface area contributed by atoms with Crippen molar-refractivity contribution in [2.24, 2.45) is 0 Å². The maximum absolute atomic E-state index is 12.3. The molecule has 1 aromatic heterocycles. The van der Waals surface area contributed by atoms with E-state index in [-0.39, 0.29) is 5.91 Å². The summed E-state index contributed by atoms with van der Waals surface area (Å²) in [6, 6.07) is 12.2. The number of aromatic amines is 1. The Morgan fingerprint density at radius 1 is 1.09 bits per heavy atom. The second kappa shape index (κ2) is 5.91. The SMILES string of the molecule is COc1ccc2[nH]c(C(=O)Nc3cc(Cl)cc(Cl)c3)cc2c1. The van der Waals surface area contributed by atoms with E-state index in [4.69, 9.17) is 27.9 Å². The molecule has 3 rings (SSSR count). The number of aromatic nitrogens is 1. The number of hydrogen-bond acceptors (Lipinski definition) is 2. The number of H-pyrrole nitrogens is 1. The first-order valence-corrected chi connectivity index (χ1v) is 7.25. The van der Waals surface area contributed by atoms with Crippen LogP contribution in [-0.2, 0) is 0 Å². The van der Waals surface area contributed by atoms with Gasteiger partial charge in [0.2, 0.25) is 0 Å². The van der Waals surface area contributed by atoms with Gasteiger partial charge in [-0.2, -0.15) is 0 Å². The molecule has 4 nitrogen and oxygen atoms in total. The van der Waals surface area contributed by atoms with Crippen molar-refractivity contribution in [3.05, 3.63) is 58.2 Å². The largest absolute Gasteiger partial charge is 0.497 e. The van der Waals surface area contributed by atoms with E-state index >= 15 is 0 Å². The smallest absolute Gasteiger partial charge is 0.272 e. The molecule has 0 aliphatic carbocycles. The molecular weight excluding hydrogens is 323 g/mol. The van der Waals surface area contributed by atoms with E-state index in [9.17, 15) is 4.79 Å². The molecule has 0 aliphatic rings. The van der Waals surface area contributed by atoms with Gasteiger partial charge < -0.3 is 15.0 Å². The Morgan fingerprint density at radius 2 is 1.82 bits per heavy atom. The molecular formula is C16H12Cl2N2O2. The number of anilines is 1. The maximum Gasteiger partial charge on any atom is 0.272 e. The second-order valence-corrected chi connectivity index (χ2v) is 5.62. The number of benzene rings is 2. The summed E-state index contributed by atoms with van der Waals surface area (Å²) >= 11 is 11.8. The fraction of sp³-hybridized carbons (Fsp3) is 0.0625. The van der Waals surface area contributed by atoms with E-state index in [1.165, 1.54) is 0 Å². The average molecular weight is 335 g/mol. The number of nitrogens with one attached hydrogen (secondary N) is 2. The van der Waals surface area contributed by atoms with Crippen LogP contribution in [0, 0.1) is 0 Å². The molecule has 2 aromatic carbocycles. The van der Waals surface area contributed by atoms with E-state index in [1.54, 1.807) is 31.4 Å². The van der Waals surface area contributed by atoms with Crippen LogP contribution in [0.15, 0.2) is 42.5 Å². The van der Waals surface area contributed by atoms with Gasteiger partial charge in [-0.3, -0.25) is 4.79 Å². The van der Waals surface area contributed by atoms with Crippen molar-refractivity contribution in [3.63, 3.8) is 0 Å².